The van der Waals surface area contributed by atoms with Crippen LogP contribution in [0.25, 0.3) is 11.4 Å². The van der Waals surface area contributed by atoms with Gasteiger partial charge in [-0.15, -0.1) is 0 Å². The van der Waals surface area contributed by atoms with Gasteiger partial charge in [0, 0.05) is 36.8 Å². The van der Waals surface area contributed by atoms with Gasteiger partial charge in [-0.3, -0.25) is 24.3 Å². The van der Waals surface area contributed by atoms with Crippen LogP contribution in [0.4, 0.5) is 24.8 Å². The van der Waals surface area contributed by atoms with Crippen molar-refractivity contribution in [2.24, 2.45) is 0 Å². The fraction of sp³-hybridized carbons (Fsp3) is 0.280. The highest BCUT2D eigenvalue weighted by atomic mass is 19.4. The van der Waals surface area contributed by atoms with E-state index in [9.17, 15) is 27.6 Å². The third kappa shape index (κ3) is 6.21. The van der Waals surface area contributed by atoms with E-state index in [4.69, 9.17) is 4.52 Å². The van der Waals surface area contributed by atoms with Crippen LogP contribution in [0.1, 0.15) is 46.2 Å². The predicted molar refractivity (Wildman–Crippen MR) is 137 cm³/mol. The number of halogens is 3. The van der Waals surface area contributed by atoms with E-state index in [1.54, 1.807) is 13.0 Å². The van der Waals surface area contributed by atoms with Gasteiger partial charge in [0.1, 0.15) is 23.3 Å². The number of hydrogen-bond acceptors (Lipinski definition) is 10. The van der Waals surface area contributed by atoms with E-state index in [-0.39, 0.29) is 41.0 Å². The molecule has 1 atom stereocenters. The fourth-order valence-corrected chi connectivity index (χ4v) is 3.88. The molecule has 3 amide bonds. The van der Waals surface area contributed by atoms with Gasteiger partial charge in [-0.25, -0.2) is 15.0 Å². The molecule has 0 aliphatic rings. The molecule has 4 aromatic rings. The number of nitrogens with one attached hydrogen (secondary N) is 2. The molecule has 0 bridgehead atoms. The highest BCUT2D eigenvalue weighted by Gasteiger charge is 2.34. The summed E-state index contributed by atoms with van der Waals surface area (Å²) in [6, 6.07) is 2.77. The van der Waals surface area contributed by atoms with Crippen molar-refractivity contribution in [3.8, 4) is 11.4 Å². The molecule has 13 nitrogen and oxygen atoms in total. The average Bonchev–Trinajstić information content (AvgIpc) is 3.56. The summed E-state index contributed by atoms with van der Waals surface area (Å²) in [5.41, 5.74) is -0.852. The minimum Gasteiger partial charge on any atom is -0.371 e. The van der Waals surface area contributed by atoms with E-state index < -0.39 is 29.6 Å². The number of aromatic nitrogens is 6. The number of imidazole rings is 1. The number of hydrogen-bond donors (Lipinski definition) is 2. The number of carbonyl (C=O) groups is 3. The van der Waals surface area contributed by atoms with Gasteiger partial charge in [0.25, 0.3) is 5.91 Å². The van der Waals surface area contributed by atoms with Crippen LogP contribution in [0, 0.1) is 13.8 Å². The van der Waals surface area contributed by atoms with E-state index >= 15 is 0 Å². The van der Waals surface area contributed by atoms with Gasteiger partial charge in [0.2, 0.25) is 12.3 Å². The highest BCUT2D eigenvalue weighted by molar-refractivity contribution is 6.03. The van der Waals surface area contributed by atoms with Gasteiger partial charge < -0.3 is 19.7 Å². The first kappa shape index (κ1) is 28.8. The van der Waals surface area contributed by atoms with Crippen molar-refractivity contribution in [2.75, 3.05) is 17.7 Å². The van der Waals surface area contributed by atoms with Crippen LogP contribution in [0.3, 0.4) is 0 Å². The maximum Gasteiger partial charge on any atom is 0.418 e. The Balaban J connectivity index is 1.57. The second-order valence-electron chi connectivity index (χ2n) is 8.85. The molecule has 4 heterocycles. The van der Waals surface area contributed by atoms with Crippen molar-refractivity contribution in [1.82, 2.24) is 34.6 Å². The van der Waals surface area contributed by atoms with E-state index in [1.807, 2.05) is 0 Å². The molecular formula is C25H24F3N9O4. The molecule has 0 aromatic carbocycles. The number of nitrogens with zero attached hydrogens (tertiary/aromatic N) is 7. The Morgan fingerprint density at radius 1 is 1.20 bits per heavy atom. The van der Waals surface area contributed by atoms with Crippen molar-refractivity contribution >= 4 is 29.9 Å². The van der Waals surface area contributed by atoms with Crippen molar-refractivity contribution in [2.45, 2.75) is 39.5 Å². The number of carbonyl (C=O) groups excluding carboxylic acids is 3. The Hall–Kier alpha value is -5.15. The summed E-state index contributed by atoms with van der Waals surface area (Å²) in [7, 11) is 1.52. The number of imide groups is 1. The zero-order valence-corrected chi connectivity index (χ0v) is 22.2. The Labute approximate surface area is 230 Å². The first-order valence-corrected chi connectivity index (χ1v) is 12.0. The highest BCUT2D eigenvalue weighted by Crippen LogP contribution is 2.33. The van der Waals surface area contributed by atoms with E-state index in [1.165, 1.54) is 50.2 Å². The van der Waals surface area contributed by atoms with Crippen molar-refractivity contribution < 1.29 is 32.1 Å². The Morgan fingerprint density at radius 2 is 1.95 bits per heavy atom. The molecule has 0 aliphatic carbocycles. The smallest absolute Gasteiger partial charge is 0.371 e. The van der Waals surface area contributed by atoms with E-state index in [0.29, 0.717) is 17.9 Å². The minimum atomic E-state index is -4.62. The van der Waals surface area contributed by atoms with Gasteiger partial charge in [-0.2, -0.15) is 13.2 Å². The third-order valence-corrected chi connectivity index (χ3v) is 5.98. The summed E-state index contributed by atoms with van der Waals surface area (Å²) in [5.74, 6) is -0.857. The molecule has 41 heavy (non-hydrogen) atoms. The first-order valence-electron chi connectivity index (χ1n) is 12.0. The van der Waals surface area contributed by atoms with E-state index in [0.717, 1.165) is 11.0 Å². The summed E-state index contributed by atoms with van der Waals surface area (Å²) in [6.07, 6.45) is -0.548. The molecule has 4 aromatic heterocycles. The summed E-state index contributed by atoms with van der Waals surface area (Å²) in [5, 5.41) is 9.12. The molecule has 0 fully saturated rings. The van der Waals surface area contributed by atoms with Crippen molar-refractivity contribution in [3.05, 3.63) is 65.3 Å². The SMILES string of the molecule is CNc1ncn([C@@H](C)C(=O)Nc2ccnc(-c3cnc(C)c(C(F)(F)F)c3)n2)c1C(=O)N(C=O)Cc1cc(C)on1. The predicted octanol–water partition coefficient (Wildman–Crippen LogP) is 3.40. The van der Waals surface area contributed by atoms with Crippen LogP contribution in [-0.2, 0) is 22.3 Å². The van der Waals surface area contributed by atoms with Crippen LogP contribution >= 0.6 is 0 Å². The Morgan fingerprint density at radius 3 is 2.59 bits per heavy atom. The molecule has 0 saturated heterocycles. The van der Waals surface area contributed by atoms with Crippen LogP contribution in [-0.4, -0.2) is 59.8 Å². The molecular weight excluding hydrogens is 547 g/mol. The molecule has 16 heteroatoms. The zero-order valence-electron chi connectivity index (χ0n) is 22.2. The molecule has 0 unspecified atom stereocenters. The lowest BCUT2D eigenvalue weighted by Gasteiger charge is -2.19. The van der Waals surface area contributed by atoms with Crippen LogP contribution in [0.15, 0.2) is 41.4 Å². The number of rotatable bonds is 9. The Bertz CT molecular complexity index is 1600. The molecule has 2 N–H and O–H groups in total. The van der Waals surface area contributed by atoms with Crippen molar-refractivity contribution in [1.29, 1.82) is 0 Å². The molecule has 4 rings (SSSR count). The maximum absolute atomic E-state index is 13.4. The Kier molecular flexibility index (Phi) is 8.11. The number of alkyl halides is 3. The monoisotopic (exact) mass is 571 g/mol. The van der Waals surface area contributed by atoms with Gasteiger partial charge >= 0.3 is 6.18 Å². The largest absolute Gasteiger partial charge is 0.418 e. The summed E-state index contributed by atoms with van der Waals surface area (Å²) in [4.78, 5) is 55.3. The molecule has 0 aliphatic heterocycles. The van der Waals surface area contributed by atoms with Gasteiger partial charge in [0.05, 0.1) is 18.4 Å². The summed E-state index contributed by atoms with van der Waals surface area (Å²) >= 11 is 0. The lowest BCUT2D eigenvalue weighted by atomic mass is 10.1. The maximum atomic E-state index is 13.4. The van der Waals surface area contributed by atoms with Crippen LogP contribution < -0.4 is 10.6 Å². The van der Waals surface area contributed by atoms with Gasteiger partial charge in [-0.1, -0.05) is 5.16 Å². The number of pyridine rings is 1. The molecule has 214 valence electrons. The number of aryl methyl sites for hydroxylation is 2. The topological polar surface area (TPSA) is 161 Å². The van der Waals surface area contributed by atoms with Crippen LogP contribution in [0.5, 0.6) is 0 Å². The van der Waals surface area contributed by atoms with Gasteiger partial charge in [-0.05, 0) is 32.9 Å². The van der Waals surface area contributed by atoms with Gasteiger partial charge in [0.15, 0.2) is 17.3 Å². The normalized spacial score (nSPS) is 12.1. The first-order chi connectivity index (χ1) is 19.4. The van der Waals surface area contributed by atoms with Crippen molar-refractivity contribution in [3.63, 3.8) is 0 Å². The quantitative estimate of drug-likeness (QED) is 0.285. The standard InChI is InChI=1S/C25H24F3N9O4/c1-13-7-17(35-41-13)10-36(12-38)24(40)20-22(29-4)32-11-37(20)15(3)23(39)34-19-5-6-30-21(33-19)16-8-18(25(26,27)28)14(2)31-9-16/h5-9,11-12,15,29H,10H2,1-4H3,(H,30,33,34,39)/t15-/m0/s1. The number of amides is 3. The average molecular weight is 572 g/mol. The second kappa shape index (κ2) is 11.5. The van der Waals surface area contributed by atoms with E-state index in [2.05, 4.69) is 35.7 Å². The zero-order chi connectivity index (χ0) is 29.9. The summed E-state index contributed by atoms with van der Waals surface area (Å²) < 4.78 is 46.3. The fourth-order valence-electron chi connectivity index (χ4n) is 3.88. The number of anilines is 2. The lowest BCUT2D eigenvalue weighted by Crippen LogP contribution is -2.33. The lowest BCUT2D eigenvalue weighted by molar-refractivity contribution is -0.138. The summed E-state index contributed by atoms with van der Waals surface area (Å²) in [6.45, 7) is 4.21. The third-order valence-electron chi connectivity index (χ3n) is 5.98. The second-order valence-corrected chi connectivity index (χ2v) is 8.85. The molecule has 0 spiro atoms. The molecule has 0 radical (unpaired) electrons. The molecule has 0 saturated carbocycles. The minimum absolute atomic E-state index is 0.00117. The van der Waals surface area contributed by atoms with Crippen LogP contribution in [0.2, 0.25) is 0 Å².